The molecular weight excluding hydrogens is 524 g/mol. The number of nitrogens with zero attached hydrogens (tertiary/aromatic N) is 8. The summed E-state index contributed by atoms with van der Waals surface area (Å²) in [4.78, 5) is 23.6. The lowest BCUT2D eigenvalue weighted by Gasteiger charge is -2.16. The number of rotatable bonds is 13. The third-order valence-electron chi connectivity index (χ3n) is 6.03. The monoisotopic (exact) mass is 556 g/mol. The van der Waals surface area contributed by atoms with Gasteiger partial charge >= 0.3 is 0 Å². The normalized spacial score (nSPS) is 11.5. The lowest BCUT2D eigenvalue weighted by Crippen LogP contribution is -2.27. The number of nitriles is 1. The van der Waals surface area contributed by atoms with Crippen LogP contribution in [-0.2, 0) is 6.54 Å². The van der Waals surface area contributed by atoms with Crippen LogP contribution in [0.4, 0.5) is 11.6 Å². The summed E-state index contributed by atoms with van der Waals surface area (Å²) in [7, 11) is 5.55. The SMILES string of the molecule is COc1ccc(C(=O)NCCCN(C)C)cc1Nc1ncc(-c2ccc(C#N)c(O[C@@H](C)Cn3cnnn3)c2)cn1. The van der Waals surface area contributed by atoms with E-state index in [-0.39, 0.29) is 12.0 Å². The molecule has 0 bridgehead atoms. The fourth-order valence-corrected chi connectivity index (χ4v) is 3.98. The number of tetrazole rings is 1. The highest BCUT2D eigenvalue weighted by Crippen LogP contribution is 2.30. The smallest absolute Gasteiger partial charge is 0.251 e. The van der Waals surface area contributed by atoms with Gasteiger partial charge in [0, 0.05) is 30.1 Å². The molecule has 1 atom stereocenters. The molecule has 212 valence electrons. The predicted octanol–water partition coefficient (Wildman–Crippen LogP) is 2.90. The molecule has 2 aromatic heterocycles. The molecule has 4 rings (SSSR count). The number of methoxy groups -OCH3 is 1. The molecule has 0 aliphatic heterocycles. The second-order valence-corrected chi connectivity index (χ2v) is 9.53. The lowest BCUT2D eigenvalue weighted by molar-refractivity contribution is 0.0952. The summed E-state index contributed by atoms with van der Waals surface area (Å²) in [5.41, 5.74) is 2.98. The predicted molar refractivity (Wildman–Crippen MR) is 152 cm³/mol. The van der Waals surface area contributed by atoms with Gasteiger partial charge in [-0.15, -0.1) is 5.10 Å². The summed E-state index contributed by atoms with van der Waals surface area (Å²) in [6.07, 6.45) is 5.40. The quantitative estimate of drug-likeness (QED) is 0.233. The average Bonchev–Trinajstić information content (AvgIpc) is 3.48. The van der Waals surface area contributed by atoms with Crippen LogP contribution in [-0.4, -0.2) is 81.4 Å². The number of hydrogen-bond donors (Lipinski definition) is 2. The highest BCUT2D eigenvalue weighted by molar-refractivity contribution is 5.95. The van der Waals surface area contributed by atoms with Crippen molar-refractivity contribution in [3.8, 4) is 28.7 Å². The van der Waals surface area contributed by atoms with Crippen molar-refractivity contribution in [1.29, 1.82) is 5.26 Å². The van der Waals surface area contributed by atoms with Gasteiger partial charge in [-0.3, -0.25) is 4.79 Å². The Morgan fingerprint density at radius 3 is 2.61 bits per heavy atom. The first-order chi connectivity index (χ1) is 19.9. The largest absolute Gasteiger partial charge is 0.495 e. The first-order valence-corrected chi connectivity index (χ1v) is 13.0. The van der Waals surface area contributed by atoms with Gasteiger partial charge in [0.2, 0.25) is 5.95 Å². The molecule has 41 heavy (non-hydrogen) atoms. The van der Waals surface area contributed by atoms with Gasteiger partial charge in [0.05, 0.1) is 24.9 Å². The average molecular weight is 557 g/mol. The number of aromatic nitrogens is 6. The molecule has 0 radical (unpaired) electrons. The van der Waals surface area contributed by atoms with Crippen LogP contribution in [0.1, 0.15) is 29.3 Å². The first-order valence-electron chi connectivity index (χ1n) is 13.0. The molecule has 13 nitrogen and oxygen atoms in total. The molecule has 2 N–H and O–H groups in total. The Kier molecular flexibility index (Phi) is 9.74. The summed E-state index contributed by atoms with van der Waals surface area (Å²) >= 11 is 0. The summed E-state index contributed by atoms with van der Waals surface area (Å²) in [6, 6.07) is 12.6. The molecule has 0 aliphatic carbocycles. The van der Waals surface area contributed by atoms with Crippen LogP contribution in [0.5, 0.6) is 11.5 Å². The van der Waals surface area contributed by atoms with Crippen molar-refractivity contribution in [1.82, 2.24) is 40.4 Å². The van der Waals surface area contributed by atoms with E-state index in [1.54, 1.807) is 54.5 Å². The molecule has 13 heteroatoms. The van der Waals surface area contributed by atoms with E-state index in [9.17, 15) is 10.1 Å². The number of carbonyl (C=O) groups is 1. The molecule has 0 unspecified atom stereocenters. The van der Waals surface area contributed by atoms with Crippen molar-refractivity contribution in [3.63, 3.8) is 0 Å². The molecule has 0 fully saturated rings. The minimum atomic E-state index is -0.283. The molecule has 0 saturated carbocycles. The Hall–Kier alpha value is -5.09. The van der Waals surface area contributed by atoms with E-state index in [1.165, 1.54) is 6.33 Å². The van der Waals surface area contributed by atoms with Crippen LogP contribution in [0.15, 0.2) is 55.1 Å². The van der Waals surface area contributed by atoms with E-state index in [1.807, 2.05) is 27.1 Å². The van der Waals surface area contributed by atoms with E-state index in [2.05, 4.69) is 47.1 Å². The highest BCUT2D eigenvalue weighted by Gasteiger charge is 2.14. The van der Waals surface area contributed by atoms with Crippen molar-refractivity contribution in [2.45, 2.75) is 26.0 Å². The van der Waals surface area contributed by atoms with Gasteiger partial charge < -0.3 is 25.0 Å². The van der Waals surface area contributed by atoms with E-state index in [4.69, 9.17) is 9.47 Å². The Morgan fingerprint density at radius 1 is 1.12 bits per heavy atom. The third kappa shape index (κ3) is 7.96. The maximum atomic E-state index is 12.6. The van der Waals surface area contributed by atoms with E-state index in [0.717, 1.165) is 24.1 Å². The number of benzene rings is 2. The molecule has 0 aliphatic rings. The van der Waals surface area contributed by atoms with Gasteiger partial charge in [0.15, 0.2) is 0 Å². The fourth-order valence-electron chi connectivity index (χ4n) is 3.98. The second-order valence-electron chi connectivity index (χ2n) is 9.53. The van der Waals surface area contributed by atoms with Gasteiger partial charge in [-0.05, 0) is 80.3 Å². The summed E-state index contributed by atoms with van der Waals surface area (Å²) in [5.74, 6) is 1.15. The van der Waals surface area contributed by atoms with Gasteiger partial charge in [-0.2, -0.15) is 5.26 Å². The van der Waals surface area contributed by atoms with Crippen LogP contribution >= 0.6 is 0 Å². The molecule has 1 amide bonds. The molecule has 2 aromatic carbocycles. The number of nitrogens with one attached hydrogen (secondary N) is 2. The number of ether oxygens (including phenoxy) is 2. The molecule has 4 aromatic rings. The summed E-state index contributed by atoms with van der Waals surface area (Å²) < 4.78 is 13.1. The second kappa shape index (κ2) is 13.8. The van der Waals surface area contributed by atoms with Crippen molar-refractivity contribution in [3.05, 3.63) is 66.2 Å². The standard InChI is InChI=1S/C28H32N10O3/c1-19(17-38-18-33-35-36-38)41-26-13-20(6-7-22(26)14-29)23-15-31-28(32-16-23)34-24-12-21(8-9-25(24)40-4)27(39)30-10-5-11-37(2)3/h6-9,12-13,15-16,18-19H,5,10-11,17H2,1-4H3,(H,30,39)(H,31,32,34)/t19-/m0/s1. The summed E-state index contributed by atoms with van der Waals surface area (Å²) in [5, 5.41) is 26.7. The maximum absolute atomic E-state index is 12.6. The molecule has 0 saturated heterocycles. The highest BCUT2D eigenvalue weighted by atomic mass is 16.5. The zero-order chi connectivity index (χ0) is 29.2. The Morgan fingerprint density at radius 2 is 1.93 bits per heavy atom. The van der Waals surface area contributed by atoms with Crippen LogP contribution in [0.3, 0.4) is 0 Å². The van der Waals surface area contributed by atoms with Gasteiger partial charge in [-0.25, -0.2) is 14.6 Å². The molecular formula is C28H32N10O3. The zero-order valence-corrected chi connectivity index (χ0v) is 23.4. The Labute approximate surface area is 238 Å². The van der Waals surface area contributed by atoms with Crippen molar-refractivity contribution < 1.29 is 14.3 Å². The van der Waals surface area contributed by atoms with Gasteiger partial charge in [-0.1, -0.05) is 6.07 Å². The van der Waals surface area contributed by atoms with Crippen molar-refractivity contribution >= 4 is 17.5 Å². The number of hydrogen-bond acceptors (Lipinski definition) is 11. The first kappa shape index (κ1) is 28.9. The lowest BCUT2D eigenvalue weighted by atomic mass is 10.1. The minimum absolute atomic E-state index is 0.170. The van der Waals surface area contributed by atoms with Crippen LogP contribution in [0.2, 0.25) is 0 Å². The number of anilines is 2. The number of carbonyl (C=O) groups excluding carboxylic acids is 1. The van der Waals surface area contributed by atoms with Gasteiger partial charge in [0.1, 0.15) is 30.0 Å². The minimum Gasteiger partial charge on any atom is -0.495 e. The van der Waals surface area contributed by atoms with Crippen LogP contribution in [0.25, 0.3) is 11.1 Å². The fraction of sp³-hybridized carbons (Fsp3) is 0.321. The van der Waals surface area contributed by atoms with E-state index < -0.39 is 0 Å². The van der Waals surface area contributed by atoms with Crippen LogP contribution < -0.4 is 20.1 Å². The third-order valence-corrected chi connectivity index (χ3v) is 6.03. The summed E-state index contributed by atoms with van der Waals surface area (Å²) in [6.45, 7) is 3.77. The molecule has 0 spiro atoms. The van der Waals surface area contributed by atoms with E-state index >= 15 is 0 Å². The van der Waals surface area contributed by atoms with Gasteiger partial charge in [0.25, 0.3) is 5.91 Å². The zero-order valence-electron chi connectivity index (χ0n) is 23.4. The van der Waals surface area contributed by atoms with Crippen LogP contribution in [0, 0.1) is 11.3 Å². The van der Waals surface area contributed by atoms with Crippen molar-refractivity contribution in [2.75, 3.05) is 39.6 Å². The van der Waals surface area contributed by atoms with E-state index in [0.29, 0.717) is 47.4 Å². The maximum Gasteiger partial charge on any atom is 0.251 e. The Balaban J connectivity index is 1.46. The topological polar surface area (TPSA) is 156 Å². The Bertz CT molecular complexity index is 1480. The van der Waals surface area contributed by atoms with Crippen molar-refractivity contribution in [2.24, 2.45) is 0 Å². The number of amides is 1. The molecule has 2 heterocycles.